The maximum absolute atomic E-state index is 12.8. The molecule has 34 heavy (non-hydrogen) atoms. The number of ether oxygens (including phenoxy) is 1. The van der Waals surface area contributed by atoms with Crippen LogP contribution >= 0.6 is 11.6 Å². The number of aromatic amines is 1. The molecule has 0 aliphatic heterocycles. The molecule has 0 spiro atoms. The fourth-order valence-electron chi connectivity index (χ4n) is 3.25. The summed E-state index contributed by atoms with van der Waals surface area (Å²) in [5, 5.41) is 0.458. The van der Waals surface area contributed by atoms with E-state index in [1.165, 1.54) is 10.6 Å². The van der Waals surface area contributed by atoms with Gasteiger partial charge in [-0.15, -0.1) is 0 Å². The Bertz CT molecular complexity index is 1330. The molecule has 3 rings (SSSR count). The Morgan fingerprint density at radius 3 is 2.47 bits per heavy atom. The number of likely N-dealkylation sites (N-methyl/N-ethyl adjacent to an activating group) is 1. The topological polar surface area (TPSA) is 127 Å². The fourth-order valence-corrected chi connectivity index (χ4v) is 3.45. The fraction of sp³-hybridized carbons (Fsp3) is 0.167. The maximum atomic E-state index is 12.8. The predicted octanol–water partition coefficient (Wildman–Crippen LogP) is 2.43. The van der Waals surface area contributed by atoms with E-state index in [0.717, 1.165) is 16.5 Å². The minimum Gasteiger partial charge on any atom is -0.452 e. The highest BCUT2D eigenvalue weighted by Crippen LogP contribution is 2.18. The number of halogens is 1. The van der Waals surface area contributed by atoms with E-state index >= 15 is 0 Å². The Morgan fingerprint density at radius 1 is 1.12 bits per heavy atom. The molecule has 0 unspecified atom stereocenters. The van der Waals surface area contributed by atoms with Gasteiger partial charge in [-0.2, -0.15) is 0 Å². The summed E-state index contributed by atoms with van der Waals surface area (Å²) in [4.78, 5) is 53.0. The largest absolute Gasteiger partial charge is 0.452 e. The molecule has 9 nitrogen and oxygen atoms in total. The lowest BCUT2D eigenvalue weighted by Gasteiger charge is -2.23. The second kappa shape index (κ2) is 11.2. The first-order valence-corrected chi connectivity index (χ1v) is 10.8. The lowest BCUT2D eigenvalue weighted by atomic mass is 10.2. The summed E-state index contributed by atoms with van der Waals surface area (Å²) in [7, 11) is 0. The summed E-state index contributed by atoms with van der Waals surface area (Å²) in [6, 6.07) is 16.0. The molecule has 0 bridgehead atoms. The highest BCUT2D eigenvalue weighted by Gasteiger charge is 2.23. The molecular formula is C24H23ClN4O5. The van der Waals surface area contributed by atoms with Gasteiger partial charge in [0.15, 0.2) is 12.3 Å². The van der Waals surface area contributed by atoms with Crippen molar-refractivity contribution in [1.29, 1.82) is 0 Å². The van der Waals surface area contributed by atoms with E-state index in [1.807, 2.05) is 6.07 Å². The van der Waals surface area contributed by atoms with Crippen LogP contribution in [0, 0.1) is 0 Å². The van der Waals surface area contributed by atoms with Gasteiger partial charge in [0.25, 0.3) is 11.5 Å². The maximum Gasteiger partial charge on any atom is 0.331 e. The number of hydrogen-bond acceptors (Lipinski definition) is 6. The number of amides is 1. The summed E-state index contributed by atoms with van der Waals surface area (Å²) in [6.45, 7) is 1.16. The molecule has 176 valence electrons. The number of nitrogens with two attached hydrogens (primary N) is 1. The molecule has 2 aromatic carbocycles. The van der Waals surface area contributed by atoms with E-state index in [4.69, 9.17) is 22.1 Å². The number of anilines is 2. The number of nitrogens with zero attached hydrogens (tertiary/aromatic N) is 2. The van der Waals surface area contributed by atoms with Gasteiger partial charge in [0, 0.05) is 17.6 Å². The zero-order valence-corrected chi connectivity index (χ0v) is 19.1. The minimum atomic E-state index is -0.813. The van der Waals surface area contributed by atoms with Crippen LogP contribution in [0.3, 0.4) is 0 Å². The highest BCUT2D eigenvalue weighted by atomic mass is 35.5. The standard InChI is InChI=1S/C24H23ClN4O5/c1-2-28(19(30)15-34-20(31)13-12-17-10-6-7-11-18(17)25)21-22(26)29(24(33)27-23(21)32)14-16-8-4-3-5-9-16/h3-13H,2,14-15,26H2,1H3,(H,27,32,33)/b13-12+. The first-order chi connectivity index (χ1) is 16.3. The Balaban J connectivity index is 1.77. The van der Waals surface area contributed by atoms with Crippen LogP contribution in [-0.4, -0.2) is 34.6 Å². The van der Waals surface area contributed by atoms with Crippen LogP contribution in [0.5, 0.6) is 0 Å². The highest BCUT2D eigenvalue weighted by molar-refractivity contribution is 6.32. The summed E-state index contributed by atoms with van der Waals surface area (Å²) in [5.74, 6) is -1.61. The van der Waals surface area contributed by atoms with Crippen molar-refractivity contribution in [3.8, 4) is 0 Å². The average molecular weight is 483 g/mol. The van der Waals surface area contributed by atoms with Crippen molar-refractivity contribution in [1.82, 2.24) is 9.55 Å². The van der Waals surface area contributed by atoms with Crippen molar-refractivity contribution < 1.29 is 14.3 Å². The molecule has 0 saturated carbocycles. The number of hydrogen-bond donors (Lipinski definition) is 2. The van der Waals surface area contributed by atoms with E-state index in [0.29, 0.717) is 10.6 Å². The SMILES string of the molecule is CCN(C(=O)COC(=O)/C=C/c1ccccc1Cl)c1c(N)n(Cc2ccccc2)c(=O)[nH]c1=O. The van der Waals surface area contributed by atoms with Crippen LogP contribution in [0.4, 0.5) is 11.5 Å². The lowest BCUT2D eigenvalue weighted by molar-refractivity contribution is -0.142. The van der Waals surface area contributed by atoms with Crippen molar-refractivity contribution in [2.75, 3.05) is 23.8 Å². The third-order valence-corrected chi connectivity index (χ3v) is 5.27. The summed E-state index contributed by atoms with van der Waals surface area (Å²) in [5.41, 5.74) is 5.84. The zero-order chi connectivity index (χ0) is 24.7. The van der Waals surface area contributed by atoms with Crippen LogP contribution in [-0.2, 0) is 20.9 Å². The first-order valence-electron chi connectivity index (χ1n) is 10.4. The zero-order valence-electron chi connectivity index (χ0n) is 18.4. The molecule has 0 saturated heterocycles. The molecule has 0 atom stereocenters. The number of nitrogen functional groups attached to an aromatic ring is 1. The van der Waals surface area contributed by atoms with Gasteiger partial charge >= 0.3 is 11.7 Å². The number of carbonyl (C=O) groups excluding carboxylic acids is 2. The quantitative estimate of drug-likeness (QED) is 0.375. The van der Waals surface area contributed by atoms with Gasteiger partial charge in [0.2, 0.25) is 0 Å². The van der Waals surface area contributed by atoms with E-state index in [2.05, 4.69) is 4.98 Å². The third kappa shape index (κ3) is 5.81. The molecule has 1 heterocycles. The normalized spacial score (nSPS) is 10.9. The number of benzene rings is 2. The van der Waals surface area contributed by atoms with Crippen molar-refractivity contribution in [3.05, 3.63) is 97.7 Å². The first kappa shape index (κ1) is 24.5. The van der Waals surface area contributed by atoms with Crippen LogP contribution in [0.2, 0.25) is 5.02 Å². The summed E-state index contributed by atoms with van der Waals surface area (Å²) < 4.78 is 6.18. The van der Waals surface area contributed by atoms with E-state index in [9.17, 15) is 19.2 Å². The Labute approximate surface area is 200 Å². The van der Waals surface area contributed by atoms with Crippen molar-refractivity contribution in [3.63, 3.8) is 0 Å². The molecule has 0 aliphatic carbocycles. The molecule has 1 aromatic heterocycles. The van der Waals surface area contributed by atoms with Gasteiger partial charge in [-0.1, -0.05) is 60.1 Å². The molecule has 0 aliphatic rings. The number of carbonyl (C=O) groups is 2. The molecule has 3 aromatic rings. The van der Waals surface area contributed by atoms with E-state index < -0.39 is 29.7 Å². The van der Waals surface area contributed by atoms with Gasteiger partial charge in [-0.3, -0.25) is 19.1 Å². The minimum absolute atomic E-state index is 0.0582. The number of rotatable bonds is 8. The molecule has 0 fully saturated rings. The Kier molecular flexibility index (Phi) is 8.05. The van der Waals surface area contributed by atoms with Crippen LogP contribution in [0.25, 0.3) is 6.08 Å². The van der Waals surface area contributed by atoms with Crippen molar-refractivity contribution in [2.24, 2.45) is 0 Å². The monoisotopic (exact) mass is 482 g/mol. The molecule has 0 radical (unpaired) electrons. The summed E-state index contributed by atoms with van der Waals surface area (Å²) in [6.07, 6.45) is 2.61. The van der Waals surface area contributed by atoms with E-state index in [1.54, 1.807) is 55.5 Å². The number of aromatic nitrogens is 2. The van der Waals surface area contributed by atoms with Gasteiger partial charge in [0.05, 0.1) is 6.54 Å². The third-order valence-electron chi connectivity index (χ3n) is 4.93. The Hall–Kier alpha value is -4.11. The van der Waals surface area contributed by atoms with E-state index in [-0.39, 0.29) is 24.6 Å². The molecular weight excluding hydrogens is 460 g/mol. The smallest absolute Gasteiger partial charge is 0.331 e. The average Bonchev–Trinajstić information content (AvgIpc) is 2.83. The Morgan fingerprint density at radius 2 is 1.79 bits per heavy atom. The second-order valence-corrected chi connectivity index (χ2v) is 7.57. The van der Waals surface area contributed by atoms with Crippen LogP contribution in [0.15, 0.2) is 70.3 Å². The van der Waals surface area contributed by atoms with Gasteiger partial charge in [0.1, 0.15) is 5.82 Å². The molecule has 1 amide bonds. The van der Waals surface area contributed by atoms with Crippen molar-refractivity contribution in [2.45, 2.75) is 13.5 Å². The predicted molar refractivity (Wildman–Crippen MR) is 131 cm³/mol. The van der Waals surface area contributed by atoms with Crippen LogP contribution < -0.4 is 21.9 Å². The lowest BCUT2D eigenvalue weighted by Crippen LogP contribution is -2.42. The van der Waals surface area contributed by atoms with Gasteiger partial charge in [-0.25, -0.2) is 9.59 Å². The van der Waals surface area contributed by atoms with Gasteiger partial charge < -0.3 is 15.4 Å². The van der Waals surface area contributed by atoms with Crippen LogP contribution in [0.1, 0.15) is 18.1 Å². The molecule has 10 heteroatoms. The molecule has 3 N–H and O–H groups in total. The van der Waals surface area contributed by atoms with Crippen molar-refractivity contribution >= 4 is 41.1 Å². The number of nitrogens with one attached hydrogen (secondary N) is 1. The summed E-state index contributed by atoms with van der Waals surface area (Å²) >= 11 is 6.04. The number of esters is 1. The number of H-pyrrole nitrogens is 1. The second-order valence-electron chi connectivity index (χ2n) is 7.17. The van der Waals surface area contributed by atoms with Gasteiger partial charge in [-0.05, 0) is 30.2 Å².